The van der Waals surface area contributed by atoms with Crippen LogP contribution in [0.2, 0.25) is 0 Å². The molecule has 0 radical (unpaired) electrons. The Balaban J connectivity index is 0.000000337. The third-order valence-corrected chi connectivity index (χ3v) is 7.99. The van der Waals surface area contributed by atoms with Crippen molar-refractivity contribution in [3.63, 3.8) is 0 Å². The summed E-state index contributed by atoms with van der Waals surface area (Å²) in [6.07, 6.45) is 3.68. The van der Waals surface area contributed by atoms with Crippen molar-refractivity contribution in [2.24, 2.45) is 0 Å². The number of pyridine rings is 1. The molecule has 2 aliphatic rings. The van der Waals surface area contributed by atoms with Crippen LogP contribution >= 0.6 is 0 Å². The Labute approximate surface area is 257 Å². The van der Waals surface area contributed by atoms with Crippen LogP contribution < -0.4 is 10.2 Å². The van der Waals surface area contributed by atoms with Gasteiger partial charge < -0.3 is 24.4 Å². The number of benzene rings is 2. The zero-order valence-corrected chi connectivity index (χ0v) is 24.6. The molecule has 234 valence electrons. The van der Waals surface area contributed by atoms with Crippen molar-refractivity contribution in [1.29, 1.82) is 0 Å². The molecule has 0 aliphatic carbocycles. The molecule has 2 aliphatic heterocycles. The molecule has 2 aromatic carbocycles. The molecule has 0 atom stereocenters. The molecule has 2 saturated heterocycles. The predicted octanol–water partition coefficient (Wildman–Crippen LogP) is 6.04. The minimum Gasteiger partial charge on any atom is -0.415 e. The number of amides is 1. The average Bonchev–Trinajstić information content (AvgIpc) is 3.82. The van der Waals surface area contributed by atoms with Gasteiger partial charge in [0.2, 0.25) is 12.3 Å². The molecule has 5 heterocycles. The molecule has 10 nitrogen and oxygen atoms in total. The van der Waals surface area contributed by atoms with Gasteiger partial charge in [-0.1, -0.05) is 12.1 Å². The van der Waals surface area contributed by atoms with Crippen LogP contribution in [0.4, 0.5) is 24.5 Å². The van der Waals surface area contributed by atoms with Crippen LogP contribution in [-0.4, -0.2) is 70.9 Å². The van der Waals surface area contributed by atoms with Gasteiger partial charge in [0.25, 0.3) is 5.89 Å². The van der Waals surface area contributed by atoms with Gasteiger partial charge >= 0.3 is 6.43 Å². The maximum absolute atomic E-state index is 15.3. The number of hydrogen-bond acceptors (Lipinski definition) is 8. The number of ether oxygens (including phenoxy) is 1. The fourth-order valence-electron chi connectivity index (χ4n) is 5.51. The molecule has 0 spiro atoms. The van der Waals surface area contributed by atoms with Crippen molar-refractivity contribution in [2.45, 2.75) is 31.9 Å². The number of nitrogens with zero attached hydrogens (tertiary/aromatic N) is 5. The van der Waals surface area contributed by atoms with Crippen LogP contribution in [0, 0.1) is 5.82 Å². The van der Waals surface area contributed by atoms with Crippen molar-refractivity contribution in [1.82, 2.24) is 25.1 Å². The Kier molecular flexibility index (Phi) is 9.08. The van der Waals surface area contributed by atoms with Crippen molar-refractivity contribution in [2.75, 3.05) is 43.6 Å². The van der Waals surface area contributed by atoms with Gasteiger partial charge in [0.05, 0.1) is 48.4 Å². The quantitative estimate of drug-likeness (QED) is 0.192. The standard InChI is InChI=1S/C25H19F3N6O2.C7H13NO/c1-29-21-9-18(16-3-2-4-20-17(16)7-8-30-20)19(26)10-22(21)34(13-35)12-15-6-5-14(11-31-15)24-32-33-25(36-24)23(27)28;1-2-4-8(3-1)7-5-9-6-7/h2-11,13,23,29-30H,12H2,1H3;7H,1-6H2. The van der Waals surface area contributed by atoms with Crippen LogP contribution in [-0.2, 0) is 16.1 Å². The lowest BCUT2D eigenvalue weighted by Gasteiger charge is -2.34. The third-order valence-electron chi connectivity index (χ3n) is 7.99. The Morgan fingerprint density at radius 3 is 2.58 bits per heavy atom. The van der Waals surface area contributed by atoms with E-state index in [0.29, 0.717) is 34.6 Å². The number of carbonyl (C=O) groups excluding carboxylic acids is 1. The number of aromatic nitrogens is 4. The van der Waals surface area contributed by atoms with Gasteiger partial charge in [0.1, 0.15) is 5.82 Å². The third kappa shape index (κ3) is 6.54. The van der Waals surface area contributed by atoms with E-state index in [1.54, 1.807) is 31.4 Å². The van der Waals surface area contributed by atoms with Gasteiger partial charge in [-0.3, -0.25) is 14.7 Å². The van der Waals surface area contributed by atoms with Gasteiger partial charge in [0, 0.05) is 42.0 Å². The van der Waals surface area contributed by atoms with Gasteiger partial charge in [-0.05, 0) is 61.8 Å². The number of nitrogens with one attached hydrogen (secondary N) is 2. The lowest BCUT2D eigenvalue weighted by atomic mass is 9.99. The van der Waals surface area contributed by atoms with Crippen molar-refractivity contribution in [3.05, 3.63) is 78.3 Å². The summed E-state index contributed by atoms with van der Waals surface area (Å²) in [6, 6.07) is 14.4. The van der Waals surface area contributed by atoms with Gasteiger partial charge in [-0.2, -0.15) is 8.78 Å². The van der Waals surface area contributed by atoms with Crippen molar-refractivity contribution in [3.8, 4) is 22.6 Å². The zero-order chi connectivity index (χ0) is 31.3. The van der Waals surface area contributed by atoms with Gasteiger partial charge in [-0.15, -0.1) is 10.2 Å². The van der Waals surface area contributed by atoms with E-state index < -0.39 is 18.1 Å². The number of carbonyl (C=O) groups is 1. The number of H-pyrrole nitrogens is 1. The number of anilines is 2. The smallest absolute Gasteiger partial charge is 0.314 e. The average molecular weight is 620 g/mol. The van der Waals surface area contributed by atoms with Crippen molar-refractivity contribution >= 4 is 28.7 Å². The maximum atomic E-state index is 15.3. The number of likely N-dealkylation sites (tertiary alicyclic amines) is 1. The van der Waals surface area contributed by atoms with E-state index in [9.17, 15) is 13.6 Å². The van der Waals surface area contributed by atoms with Crippen LogP contribution in [0.25, 0.3) is 33.5 Å². The minimum atomic E-state index is -2.87. The van der Waals surface area contributed by atoms with E-state index in [4.69, 9.17) is 9.15 Å². The summed E-state index contributed by atoms with van der Waals surface area (Å²) in [7, 11) is 1.69. The lowest BCUT2D eigenvalue weighted by molar-refractivity contribution is -0.107. The first-order valence-corrected chi connectivity index (χ1v) is 14.6. The molecule has 2 N–H and O–H groups in total. The maximum Gasteiger partial charge on any atom is 0.314 e. The van der Waals surface area contributed by atoms with E-state index in [1.807, 2.05) is 24.3 Å². The van der Waals surface area contributed by atoms with Gasteiger partial charge in [-0.25, -0.2) is 4.39 Å². The molecular formula is C32H32F3N7O3. The lowest BCUT2D eigenvalue weighted by Crippen LogP contribution is -2.47. The molecule has 5 aromatic rings. The Morgan fingerprint density at radius 2 is 1.93 bits per heavy atom. The van der Waals surface area contributed by atoms with E-state index in [2.05, 4.69) is 30.4 Å². The summed E-state index contributed by atoms with van der Waals surface area (Å²) in [4.78, 5) is 23.2. The fraction of sp³-hybridized carbons (Fsp3) is 0.312. The molecule has 13 heteroatoms. The SMILES string of the molecule is C1CCN(C2COC2)C1.CNc1cc(-c2cccc3[nH]ccc23)c(F)cc1N(C=O)Cc1ccc(-c2nnc(C(F)F)o2)cn1. The highest BCUT2D eigenvalue weighted by Crippen LogP contribution is 2.37. The summed E-state index contributed by atoms with van der Waals surface area (Å²) < 4.78 is 50.7. The molecule has 0 unspecified atom stereocenters. The summed E-state index contributed by atoms with van der Waals surface area (Å²) in [5, 5.41) is 10.8. The minimum absolute atomic E-state index is 0.0384. The van der Waals surface area contributed by atoms with Crippen LogP contribution in [0.5, 0.6) is 0 Å². The monoisotopic (exact) mass is 619 g/mol. The van der Waals surface area contributed by atoms with Gasteiger partial charge in [0.15, 0.2) is 0 Å². The number of alkyl halides is 2. The summed E-state index contributed by atoms with van der Waals surface area (Å²) in [5.41, 5.74) is 3.71. The molecule has 7 rings (SSSR count). The van der Waals surface area contributed by atoms with E-state index in [-0.39, 0.29) is 12.4 Å². The van der Waals surface area contributed by atoms with Crippen LogP contribution in [0.15, 0.2) is 65.3 Å². The largest absolute Gasteiger partial charge is 0.415 e. The molecule has 45 heavy (non-hydrogen) atoms. The Morgan fingerprint density at radius 1 is 1.11 bits per heavy atom. The first-order valence-electron chi connectivity index (χ1n) is 14.6. The fourth-order valence-corrected chi connectivity index (χ4v) is 5.51. The normalized spacial score (nSPS) is 15.1. The number of hydrogen-bond donors (Lipinski definition) is 2. The first kappa shape index (κ1) is 30.3. The molecule has 2 fully saturated rings. The summed E-state index contributed by atoms with van der Waals surface area (Å²) in [6.45, 7) is 4.64. The number of rotatable bonds is 9. The molecular weight excluding hydrogens is 587 g/mol. The highest BCUT2D eigenvalue weighted by atomic mass is 19.3. The Bertz CT molecular complexity index is 1750. The topological polar surface area (TPSA) is 112 Å². The summed E-state index contributed by atoms with van der Waals surface area (Å²) >= 11 is 0. The van der Waals surface area contributed by atoms with E-state index in [0.717, 1.165) is 35.7 Å². The summed E-state index contributed by atoms with van der Waals surface area (Å²) in [5.74, 6) is -1.36. The number of aromatic amines is 1. The molecule has 0 saturated carbocycles. The Hall–Kier alpha value is -4.75. The molecule has 3 aromatic heterocycles. The second kappa shape index (κ2) is 13.5. The molecule has 1 amide bonds. The first-order chi connectivity index (χ1) is 21.9. The van der Waals surface area contributed by atoms with Crippen molar-refractivity contribution < 1.29 is 27.1 Å². The van der Waals surface area contributed by atoms with Crippen LogP contribution in [0.3, 0.4) is 0 Å². The second-order valence-electron chi connectivity index (χ2n) is 10.8. The van der Waals surface area contributed by atoms with E-state index in [1.165, 1.54) is 43.1 Å². The zero-order valence-electron chi connectivity index (χ0n) is 24.6. The second-order valence-corrected chi connectivity index (χ2v) is 10.8. The predicted molar refractivity (Wildman–Crippen MR) is 163 cm³/mol. The highest BCUT2D eigenvalue weighted by Gasteiger charge is 2.27. The molecule has 0 bridgehead atoms. The number of halogens is 3. The van der Waals surface area contributed by atoms with Crippen LogP contribution in [0.1, 0.15) is 30.9 Å². The number of fused-ring (bicyclic) bond motifs is 1. The van der Waals surface area contributed by atoms with E-state index >= 15 is 4.39 Å². The highest BCUT2D eigenvalue weighted by molar-refractivity contribution is 5.97.